The van der Waals surface area contributed by atoms with Gasteiger partial charge in [-0.3, -0.25) is 9.59 Å². The zero-order valence-corrected chi connectivity index (χ0v) is 15.9. The smallest absolute Gasteiger partial charge is 0.270 e. The lowest BCUT2D eigenvalue weighted by Crippen LogP contribution is -2.54. The van der Waals surface area contributed by atoms with Crippen LogP contribution in [-0.4, -0.2) is 52.3 Å². The molecule has 0 unspecified atom stereocenters. The van der Waals surface area contributed by atoms with E-state index in [1.165, 1.54) is 19.3 Å². The van der Waals surface area contributed by atoms with E-state index in [2.05, 4.69) is 16.8 Å². The fourth-order valence-electron chi connectivity index (χ4n) is 5.21. The molecule has 142 valence electrons. The average Bonchev–Trinajstić information content (AvgIpc) is 3.32. The Balaban J connectivity index is 1.47. The van der Waals surface area contributed by atoms with Gasteiger partial charge in [0.15, 0.2) is 0 Å². The quantitative estimate of drug-likeness (QED) is 0.902. The van der Waals surface area contributed by atoms with Crippen molar-refractivity contribution < 1.29 is 9.59 Å². The molecule has 1 atom stereocenters. The van der Waals surface area contributed by atoms with E-state index in [1.54, 1.807) is 0 Å². The van der Waals surface area contributed by atoms with Crippen molar-refractivity contribution in [1.29, 1.82) is 0 Å². The molecule has 2 amide bonds. The van der Waals surface area contributed by atoms with Crippen molar-refractivity contribution in [3.05, 3.63) is 23.5 Å². The fraction of sp³-hybridized carbons (Fsp3) is 0.714. The molecule has 0 radical (unpaired) electrons. The molecule has 2 aliphatic heterocycles. The van der Waals surface area contributed by atoms with E-state index in [0.717, 1.165) is 50.8 Å². The van der Waals surface area contributed by atoms with Crippen LogP contribution in [0.1, 0.15) is 74.5 Å². The molecule has 3 heterocycles. The second kappa shape index (κ2) is 7.09. The van der Waals surface area contributed by atoms with Crippen LogP contribution >= 0.6 is 0 Å². The first kappa shape index (κ1) is 17.6. The molecule has 2 saturated heterocycles. The summed E-state index contributed by atoms with van der Waals surface area (Å²) in [6, 6.07) is 4.30. The number of nitrogens with one attached hydrogen (secondary N) is 1. The Hall–Kier alpha value is -1.78. The molecule has 1 saturated carbocycles. The average molecular weight is 357 g/mol. The minimum absolute atomic E-state index is 0.0455. The van der Waals surface area contributed by atoms with Crippen molar-refractivity contribution in [2.45, 2.75) is 70.8 Å². The van der Waals surface area contributed by atoms with Gasteiger partial charge in [0.2, 0.25) is 5.91 Å². The Morgan fingerprint density at radius 3 is 2.69 bits per heavy atom. The van der Waals surface area contributed by atoms with E-state index >= 15 is 0 Å². The molecule has 1 aromatic rings. The van der Waals surface area contributed by atoms with Crippen LogP contribution in [0.5, 0.6) is 0 Å². The summed E-state index contributed by atoms with van der Waals surface area (Å²) >= 11 is 0. The summed E-state index contributed by atoms with van der Waals surface area (Å²) in [6.07, 6.45) is 9.85. The summed E-state index contributed by atoms with van der Waals surface area (Å²) in [7, 11) is 0. The normalized spacial score (nSPS) is 27.5. The highest BCUT2D eigenvalue weighted by atomic mass is 16.2. The largest absolute Gasteiger partial charge is 0.354 e. The van der Waals surface area contributed by atoms with Gasteiger partial charge in [-0.2, -0.15) is 0 Å². The molecular weight excluding hydrogens is 326 g/mol. The third kappa shape index (κ3) is 3.06. The number of aromatic nitrogens is 1. The highest BCUT2D eigenvalue weighted by Gasteiger charge is 2.50. The highest BCUT2D eigenvalue weighted by Crippen LogP contribution is 2.42. The molecule has 1 aliphatic carbocycles. The van der Waals surface area contributed by atoms with Crippen molar-refractivity contribution in [2.24, 2.45) is 5.41 Å². The standard InChI is InChI=1S/C21H31N3O2/c1-2-16-9-10-18(22-16)19(25)23-14-12-21(15-23)11-6-13-24(20(21)26)17-7-4-3-5-8-17/h9-10,17,22H,2-8,11-15H2,1H3/t21-/m1/s1. The van der Waals surface area contributed by atoms with Gasteiger partial charge in [-0.25, -0.2) is 0 Å². The molecular formula is C21H31N3O2. The van der Waals surface area contributed by atoms with Crippen LogP contribution in [-0.2, 0) is 11.2 Å². The molecule has 1 N–H and O–H groups in total. The predicted octanol–water partition coefficient (Wildman–Crippen LogP) is 3.36. The number of aromatic amines is 1. The summed E-state index contributed by atoms with van der Waals surface area (Å²) in [5, 5.41) is 0. The van der Waals surface area contributed by atoms with Gasteiger partial charge in [0.1, 0.15) is 5.69 Å². The van der Waals surface area contributed by atoms with Gasteiger partial charge in [0.25, 0.3) is 5.91 Å². The second-order valence-electron chi connectivity index (χ2n) is 8.40. The fourth-order valence-corrected chi connectivity index (χ4v) is 5.21. The summed E-state index contributed by atoms with van der Waals surface area (Å²) < 4.78 is 0. The third-order valence-electron chi connectivity index (χ3n) is 6.78. The van der Waals surface area contributed by atoms with Crippen LogP contribution in [0.4, 0.5) is 0 Å². The minimum Gasteiger partial charge on any atom is -0.354 e. The van der Waals surface area contributed by atoms with Gasteiger partial charge in [-0.05, 0) is 50.7 Å². The van der Waals surface area contributed by atoms with Crippen LogP contribution in [0.3, 0.4) is 0 Å². The Morgan fingerprint density at radius 2 is 1.96 bits per heavy atom. The number of amides is 2. The number of hydrogen-bond acceptors (Lipinski definition) is 2. The number of likely N-dealkylation sites (tertiary alicyclic amines) is 2. The van der Waals surface area contributed by atoms with E-state index in [4.69, 9.17) is 0 Å². The van der Waals surface area contributed by atoms with Crippen LogP contribution in [0.15, 0.2) is 12.1 Å². The van der Waals surface area contributed by atoms with Crippen molar-refractivity contribution in [1.82, 2.24) is 14.8 Å². The molecule has 5 heteroatoms. The Morgan fingerprint density at radius 1 is 1.15 bits per heavy atom. The first-order valence-electron chi connectivity index (χ1n) is 10.4. The molecule has 26 heavy (non-hydrogen) atoms. The van der Waals surface area contributed by atoms with E-state index in [0.29, 0.717) is 30.7 Å². The highest BCUT2D eigenvalue weighted by molar-refractivity contribution is 5.94. The lowest BCUT2D eigenvalue weighted by Gasteiger charge is -2.44. The van der Waals surface area contributed by atoms with E-state index in [9.17, 15) is 9.59 Å². The predicted molar refractivity (Wildman–Crippen MR) is 101 cm³/mol. The number of carbonyl (C=O) groups is 2. The monoisotopic (exact) mass is 357 g/mol. The van der Waals surface area contributed by atoms with Crippen LogP contribution < -0.4 is 0 Å². The molecule has 3 fully saturated rings. The molecule has 1 aromatic heterocycles. The number of hydrogen-bond donors (Lipinski definition) is 1. The maximum absolute atomic E-state index is 13.4. The molecule has 1 spiro atoms. The van der Waals surface area contributed by atoms with Crippen molar-refractivity contribution in [2.75, 3.05) is 19.6 Å². The van der Waals surface area contributed by atoms with Gasteiger partial charge in [-0.15, -0.1) is 0 Å². The Labute approximate surface area is 156 Å². The summed E-state index contributed by atoms with van der Waals surface area (Å²) in [6.45, 7) is 4.28. The summed E-state index contributed by atoms with van der Waals surface area (Å²) in [5.41, 5.74) is 1.41. The van der Waals surface area contributed by atoms with E-state index < -0.39 is 0 Å². The lowest BCUT2D eigenvalue weighted by molar-refractivity contribution is -0.149. The van der Waals surface area contributed by atoms with Crippen molar-refractivity contribution in [3.8, 4) is 0 Å². The minimum atomic E-state index is -0.328. The second-order valence-corrected chi connectivity index (χ2v) is 8.40. The van der Waals surface area contributed by atoms with E-state index in [-0.39, 0.29) is 11.3 Å². The molecule has 0 bridgehead atoms. The number of rotatable bonds is 3. The molecule has 4 rings (SSSR count). The Kier molecular flexibility index (Phi) is 4.80. The lowest BCUT2D eigenvalue weighted by atomic mass is 9.77. The van der Waals surface area contributed by atoms with Crippen molar-refractivity contribution in [3.63, 3.8) is 0 Å². The van der Waals surface area contributed by atoms with Gasteiger partial charge in [0.05, 0.1) is 5.41 Å². The van der Waals surface area contributed by atoms with Crippen molar-refractivity contribution >= 4 is 11.8 Å². The number of piperidine rings is 1. The first-order valence-corrected chi connectivity index (χ1v) is 10.4. The molecule has 0 aromatic carbocycles. The summed E-state index contributed by atoms with van der Waals surface area (Å²) in [4.78, 5) is 33.5. The number of H-pyrrole nitrogens is 1. The zero-order chi connectivity index (χ0) is 18.1. The Bertz CT molecular complexity index is 677. The number of carbonyl (C=O) groups excluding carboxylic acids is 2. The van der Waals surface area contributed by atoms with Crippen LogP contribution in [0.2, 0.25) is 0 Å². The maximum Gasteiger partial charge on any atom is 0.270 e. The van der Waals surface area contributed by atoms with E-state index in [1.807, 2.05) is 17.0 Å². The first-order chi connectivity index (χ1) is 12.6. The van der Waals surface area contributed by atoms with Gasteiger partial charge < -0.3 is 14.8 Å². The third-order valence-corrected chi connectivity index (χ3v) is 6.78. The van der Waals surface area contributed by atoms with Crippen LogP contribution in [0, 0.1) is 5.41 Å². The van der Waals surface area contributed by atoms with Crippen LogP contribution in [0.25, 0.3) is 0 Å². The SMILES string of the molecule is CCc1ccc(C(=O)N2CC[C@]3(CCCN(C4CCCCC4)C3=O)C2)[nH]1. The number of aryl methyl sites for hydroxylation is 1. The maximum atomic E-state index is 13.4. The summed E-state index contributed by atoms with van der Waals surface area (Å²) in [5.74, 6) is 0.371. The van der Waals surface area contributed by atoms with Gasteiger partial charge in [0, 0.05) is 31.4 Å². The molecule has 3 aliphatic rings. The topological polar surface area (TPSA) is 56.4 Å². The van der Waals surface area contributed by atoms with Gasteiger partial charge in [-0.1, -0.05) is 26.2 Å². The van der Waals surface area contributed by atoms with Gasteiger partial charge >= 0.3 is 0 Å². The number of nitrogens with zero attached hydrogens (tertiary/aromatic N) is 2. The molecule has 5 nitrogen and oxygen atoms in total. The zero-order valence-electron chi connectivity index (χ0n) is 15.9.